The number of imidazole rings is 1. The molecule has 0 atom stereocenters. The lowest BCUT2D eigenvalue weighted by atomic mass is 9.92. The molecule has 32 heavy (non-hydrogen) atoms. The molecule has 0 spiro atoms. The summed E-state index contributed by atoms with van der Waals surface area (Å²) in [5.74, 6) is 0.136. The van der Waals surface area contributed by atoms with Crippen LogP contribution < -0.4 is 4.74 Å². The first kappa shape index (κ1) is 23.9. The minimum absolute atomic E-state index is 0. The standard InChI is InChI=1S/C21H19ClF3N5O.ClH/c1-20(2,3)17-15(22)16(30(4)29-17)19-27-13-10-9-12(26-18(13)28-19)11-7-5-6-8-14(11)31-21(23,24)25;/h5-10H,1-4H3,(H,26,27,28);1H. The lowest BCUT2D eigenvalue weighted by Crippen LogP contribution is -2.17. The topological polar surface area (TPSA) is 68.6 Å². The number of H-pyrrole nitrogens is 1. The zero-order valence-corrected chi connectivity index (χ0v) is 19.2. The van der Waals surface area contributed by atoms with Crippen molar-refractivity contribution in [2.75, 3.05) is 0 Å². The largest absolute Gasteiger partial charge is 0.573 e. The summed E-state index contributed by atoms with van der Waals surface area (Å²) in [5.41, 5.74) is 2.54. The summed E-state index contributed by atoms with van der Waals surface area (Å²) in [6.45, 7) is 6.04. The highest BCUT2D eigenvalue weighted by Crippen LogP contribution is 2.37. The van der Waals surface area contributed by atoms with Crippen LogP contribution in [-0.2, 0) is 12.5 Å². The first-order valence-corrected chi connectivity index (χ1v) is 9.77. The molecule has 3 heterocycles. The quantitative estimate of drug-likeness (QED) is 0.369. The number of para-hydroxylation sites is 1. The molecule has 170 valence electrons. The predicted octanol–water partition coefficient (Wildman–Crippen LogP) is 6.30. The highest BCUT2D eigenvalue weighted by atomic mass is 35.5. The summed E-state index contributed by atoms with van der Waals surface area (Å²) in [6, 6.07) is 9.14. The maximum Gasteiger partial charge on any atom is 0.573 e. The molecule has 1 aromatic carbocycles. The van der Waals surface area contributed by atoms with Crippen molar-refractivity contribution in [1.29, 1.82) is 0 Å². The van der Waals surface area contributed by atoms with Crippen LogP contribution in [0.4, 0.5) is 13.2 Å². The average molecular weight is 486 g/mol. The smallest absolute Gasteiger partial charge is 0.405 e. The molecule has 0 unspecified atom stereocenters. The normalized spacial score (nSPS) is 12.1. The van der Waals surface area contributed by atoms with Gasteiger partial charge in [0, 0.05) is 18.0 Å². The van der Waals surface area contributed by atoms with Gasteiger partial charge in [-0.2, -0.15) is 5.10 Å². The first-order valence-electron chi connectivity index (χ1n) is 9.39. The molecule has 0 fully saturated rings. The fraction of sp³-hybridized carbons (Fsp3) is 0.286. The summed E-state index contributed by atoms with van der Waals surface area (Å²) in [5, 5.41) is 5.00. The molecule has 0 aliphatic heterocycles. The third kappa shape index (κ3) is 4.54. The molecule has 0 radical (unpaired) electrons. The van der Waals surface area contributed by atoms with E-state index in [4.69, 9.17) is 11.6 Å². The molecule has 0 bridgehead atoms. The van der Waals surface area contributed by atoms with Gasteiger partial charge in [-0.15, -0.1) is 25.6 Å². The molecule has 0 aliphatic carbocycles. The van der Waals surface area contributed by atoms with Gasteiger partial charge in [0.05, 0.1) is 21.9 Å². The number of ether oxygens (including phenoxy) is 1. The monoisotopic (exact) mass is 485 g/mol. The highest BCUT2D eigenvalue weighted by Gasteiger charge is 2.32. The summed E-state index contributed by atoms with van der Waals surface area (Å²) >= 11 is 6.60. The lowest BCUT2D eigenvalue weighted by molar-refractivity contribution is -0.274. The van der Waals surface area contributed by atoms with Gasteiger partial charge in [0.25, 0.3) is 0 Å². The van der Waals surface area contributed by atoms with Crippen LogP contribution >= 0.6 is 24.0 Å². The molecule has 4 aromatic rings. The second-order valence-electron chi connectivity index (χ2n) is 8.08. The summed E-state index contributed by atoms with van der Waals surface area (Å²) in [6.07, 6.45) is -4.80. The van der Waals surface area contributed by atoms with Crippen LogP contribution in [0.1, 0.15) is 26.5 Å². The molecule has 4 rings (SSSR count). The number of nitrogens with zero attached hydrogens (tertiary/aromatic N) is 4. The van der Waals surface area contributed by atoms with E-state index in [9.17, 15) is 13.2 Å². The number of alkyl halides is 3. The molecule has 3 aromatic heterocycles. The van der Waals surface area contributed by atoms with Gasteiger partial charge < -0.3 is 9.72 Å². The van der Waals surface area contributed by atoms with Crippen molar-refractivity contribution in [3.63, 3.8) is 0 Å². The van der Waals surface area contributed by atoms with Gasteiger partial charge in [-0.25, -0.2) is 9.97 Å². The van der Waals surface area contributed by atoms with Crippen LogP contribution in [0.3, 0.4) is 0 Å². The third-order valence-electron chi connectivity index (χ3n) is 4.66. The first-order chi connectivity index (χ1) is 14.4. The average Bonchev–Trinajstić information content (AvgIpc) is 3.19. The summed E-state index contributed by atoms with van der Waals surface area (Å²) < 4.78 is 44.1. The van der Waals surface area contributed by atoms with Crippen molar-refractivity contribution in [3.05, 3.63) is 47.1 Å². The molecule has 0 aliphatic rings. The van der Waals surface area contributed by atoms with Gasteiger partial charge in [-0.3, -0.25) is 4.68 Å². The maximum atomic E-state index is 12.8. The van der Waals surface area contributed by atoms with Crippen molar-refractivity contribution in [1.82, 2.24) is 24.7 Å². The van der Waals surface area contributed by atoms with Crippen molar-refractivity contribution < 1.29 is 17.9 Å². The molecule has 0 saturated heterocycles. The minimum Gasteiger partial charge on any atom is -0.405 e. The number of halogens is 5. The Hall–Kier alpha value is -2.78. The molecular formula is C21H20Cl2F3N5O. The fourth-order valence-corrected chi connectivity index (χ4v) is 3.81. The molecule has 0 saturated carbocycles. The van der Waals surface area contributed by atoms with Crippen LogP contribution in [-0.4, -0.2) is 31.1 Å². The van der Waals surface area contributed by atoms with E-state index in [0.29, 0.717) is 33.4 Å². The number of rotatable bonds is 3. The van der Waals surface area contributed by atoms with Crippen molar-refractivity contribution in [2.45, 2.75) is 32.5 Å². The Labute approximate surface area is 193 Å². The summed E-state index contributed by atoms with van der Waals surface area (Å²) in [4.78, 5) is 12.1. The SMILES string of the molecule is Cl.Cn1nc(C(C)(C)C)c(Cl)c1-c1nc2nc(-c3ccccc3OC(F)(F)F)ccc2[nH]1. The van der Waals surface area contributed by atoms with E-state index in [1.54, 1.807) is 29.9 Å². The maximum absolute atomic E-state index is 12.8. The number of hydrogen-bond acceptors (Lipinski definition) is 4. The third-order valence-corrected chi connectivity index (χ3v) is 5.02. The zero-order valence-electron chi connectivity index (χ0n) is 17.6. The van der Waals surface area contributed by atoms with Crippen molar-refractivity contribution in [2.24, 2.45) is 7.05 Å². The van der Waals surface area contributed by atoms with E-state index < -0.39 is 6.36 Å². The highest BCUT2D eigenvalue weighted by molar-refractivity contribution is 6.33. The minimum atomic E-state index is -4.80. The number of hydrogen-bond donors (Lipinski definition) is 1. The second-order valence-corrected chi connectivity index (χ2v) is 8.46. The van der Waals surface area contributed by atoms with Gasteiger partial charge in [-0.1, -0.05) is 44.5 Å². The number of fused-ring (bicyclic) bond motifs is 1. The van der Waals surface area contributed by atoms with Gasteiger partial charge in [-0.05, 0) is 24.3 Å². The fourth-order valence-electron chi connectivity index (χ4n) is 3.28. The van der Waals surface area contributed by atoms with Crippen LogP contribution in [0.15, 0.2) is 36.4 Å². The number of aromatic amines is 1. The molecular weight excluding hydrogens is 466 g/mol. The van der Waals surface area contributed by atoms with Crippen LogP contribution in [0, 0.1) is 0 Å². The van der Waals surface area contributed by atoms with Crippen LogP contribution in [0.25, 0.3) is 33.9 Å². The van der Waals surface area contributed by atoms with Gasteiger partial charge in [0.2, 0.25) is 0 Å². The lowest BCUT2D eigenvalue weighted by Gasteiger charge is -2.15. The van der Waals surface area contributed by atoms with E-state index in [2.05, 4.69) is 24.8 Å². The van der Waals surface area contributed by atoms with Crippen LogP contribution in [0.2, 0.25) is 5.02 Å². The number of nitrogens with one attached hydrogen (secondary N) is 1. The van der Waals surface area contributed by atoms with Crippen molar-refractivity contribution >= 4 is 35.2 Å². The molecule has 1 N–H and O–H groups in total. The Balaban J connectivity index is 0.00000289. The van der Waals surface area contributed by atoms with Gasteiger partial charge in [0.15, 0.2) is 11.5 Å². The Kier molecular flexibility index (Phi) is 6.19. The van der Waals surface area contributed by atoms with E-state index in [0.717, 1.165) is 5.69 Å². The summed E-state index contributed by atoms with van der Waals surface area (Å²) in [7, 11) is 1.77. The number of aryl methyl sites for hydroxylation is 1. The molecule has 0 amide bonds. The number of aromatic nitrogens is 5. The van der Waals surface area contributed by atoms with E-state index in [-0.39, 0.29) is 29.1 Å². The Morgan fingerprint density at radius 1 is 1.03 bits per heavy atom. The predicted molar refractivity (Wildman–Crippen MR) is 119 cm³/mol. The second kappa shape index (κ2) is 8.29. The van der Waals surface area contributed by atoms with Crippen molar-refractivity contribution in [3.8, 4) is 28.5 Å². The molecule has 6 nitrogen and oxygen atoms in total. The number of benzene rings is 1. The van der Waals surface area contributed by atoms with E-state index >= 15 is 0 Å². The Morgan fingerprint density at radius 2 is 1.72 bits per heavy atom. The van der Waals surface area contributed by atoms with E-state index in [1.165, 1.54) is 18.2 Å². The van der Waals surface area contributed by atoms with Gasteiger partial charge >= 0.3 is 6.36 Å². The number of pyridine rings is 1. The van der Waals surface area contributed by atoms with Crippen LogP contribution in [0.5, 0.6) is 5.75 Å². The van der Waals surface area contributed by atoms with Gasteiger partial charge in [0.1, 0.15) is 11.4 Å². The molecule has 11 heteroatoms. The zero-order chi connectivity index (χ0) is 22.6. The Bertz CT molecular complexity index is 1270. The Morgan fingerprint density at radius 3 is 2.34 bits per heavy atom. The van der Waals surface area contributed by atoms with E-state index in [1.807, 2.05) is 20.8 Å².